The first-order valence-electron chi connectivity index (χ1n) is 7.38. The molecule has 0 bridgehead atoms. The van der Waals surface area contributed by atoms with Gasteiger partial charge in [0.05, 0.1) is 0 Å². The summed E-state index contributed by atoms with van der Waals surface area (Å²) >= 11 is 0. The highest BCUT2D eigenvalue weighted by molar-refractivity contribution is 5.71. The van der Waals surface area contributed by atoms with E-state index in [0.717, 1.165) is 11.1 Å². The van der Waals surface area contributed by atoms with Gasteiger partial charge in [-0.25, -0.2) is 0 Å². The summed E-state index contributed by atoms with van der Waals surface area (Å²) in [5, 5.41) is 0. The molecular formula is C19H20O4. The number of rotatable bonds is 4. The first kappa shape index (κ1) is 16.7. The van der Waals surface area contributed by atoms with Crippen LogP contribution in [-0.2, 0) is 15.0 Å². The highest BCUT2D eigenvalue weighted by Gasteiger charge is 2.30. The Morgan fingerprint density at radius 3 is 1.43 bits per heavy atom. The van der Waals surface area contributed by atoms with Crippen LogP contribution >= 0.6 is 0 Å². The van der Waals surface area contributed by atoms with E-state index in [0.29, 0.717) is 11.5 Å². The van der Waals surface area contributed by atoms with Gasteiger partial charge in [-0.3, -0.25) is 9.59 Å². The first-order valence-corrected chi connectivity index (χ1v) is 7.38. The summed E-state index contributed by atoms with van der Waals surface area (Å²) in [6.07, 6.45) is 0. The lowest BCUT2D eigenvalue weighted by Crippen LogP contribution is -2.22. The summed E-state index contributed by atoms with van der Waals surface area (Å²) in [4.78, 5) is 22.7. The van der Waals surface area contributed by atoms with Crippen molar-refractivity contribution in [2.75, 3.05) is 0 Å². The zero-order chi connectivity index (χ0) is 17.0. The second-order valence-corrected chi connectivity index (χ2v) is 5.80. The van der Waals surface area contributed by atoms with E-state index in [2.05, 4.69) is 0 Å². The van der Waals surface area contributed by atoms with Crippen molar-refractivity contribution >= 4 is 11.9 Å². The third-order valence-electron chi connectivity index (χ3n) is 3.63. The molecule has 4 nitrogen and oxygen atoms in total. The Labute approximate surface area is 136 Å². The Morgan fingerprint density at radius 2 is 1.09 bits per heavy atom. The summed E-state index contributed by atoms with van der Waals surface area (Å²) in [5.74, 6) is 0.258. The Balaban J connectivity index is 2.55. The van der Waals surface area contributed by atoms with Crippen molar-refractivity contribution in [2.24, 2.45) is 0 Å². The van der Waals surface area contributed by atoms with Gasteiger partial charge in [-0.2, -0.15) is 0 Å². The van der Waals surface area contributed by atoms with Gasteiger partial charge >= 0.3 is 11.9 Å². The molecule has 0 N–H and O–H groups in total. The van der Waals surface area contributed by atoms with Crippen molar-refractivity contribution in [3.63, 3.8) is 0 Å². The molecule has 2 rings (SSSR count). The lowest BCUT2D eigenvalue weighted by molar-refractivity contribution is -0.132. The van der Waals surface area contributed by atoms with Gasteiger partial charge in [0.15, 0.2) is 0 Å². The molecule has 0 atom stereocenters. The molecule has 2 aromatic rings. The molecule has 0 amide bonds. The average Bonchev–Trinajstić information content (AvgIpc) is 2.46. The number of benzene rings is 2. The molecule has 23 heavy (non-hydrogen) atoms. The van der Waals surface area contributed by atoms with Gasteiger partial charge in [0, 0.05) is 30.4 Å². The quantitative estimate of drug-likeness (QED) is 0.635. The fourth-order valence-corrected chi connectivity index (χ4v) is 2.60. The Kier molecular flexibility index (Phi) is 4.84. The van der Waals surface area contributed by atoms with E-state index in [1.54, 1.807) is 12.1 Å². The number of esters is 2. The van der Waals surface area contributed by atoms with E-state index in [9.17, 15) is 9.59 Å². The SMILES string of the molecule is CC(=O)Oc1ccccc1C(C)(C)c1ccccc1OC(C)=O. The molecule has 0 aliphatic carbocycles. The second-order valence-electron chi connectivity index (χ2n) is 5.80. The molecule has 4 heteroatoms. The fraction of sp³-hybridized carbons (Fsp3) is 0.263. The average molecular weight is 312 g/mol. The van der Waals surface area contributed by atoms with Crippen LogP contribution in [0.2, 0.25) is 0 Å². The van der Waals surface area contributed by atoms with Gasteiger partial charge in [-0.15, -0.1) is 0 Å². The highest BCUT2D eigenvalue weighted by atomic mass is 16.5. The lowest BCUT2D eigenvalue weighted by atomic mass is 9.77. The molecule has 0 aliphatic rings. The fourth-order valence-electron chi connectivity index (χ4n) is 2.60. The van der Waals surface area contributed by atoms with Crippen molar-refractivity contribution in [3.8, 4) is 11.5 Å². The van der Waals surface area contributed by atoms with Crippen LogP contribution in [0.4, 0.5) is 0 Å². The Hall–Kier alpha value is -2.62. The van der Waals surface area contributed by atoms with Crippen LogP contribution in [0, 0.1) is 0 Å². The van der Waals surface area contributed by atoms with Gasteiger partial charge < -0.3 is 9.47 Å². The standard InChI is InChI=1S/C19H20O4/c1-13(20)22-17-11-7-5-9-15(17)19(3,4)16-10-6-8-12-18(16)23-14(2)21/h5-12H,1-4H3. The van der Waals surface area contributed by atoms with E-state index in [1.807, 2.05) is 50.2 Å². The lowest BCUT2D eigenvalue weighted by Gasteiger charge is -2.29. The van der Waals surface area contributed by atoms with Crippen molar-refractivity contribution in [1.29, 1.82) is 0 Å². The van der Waals surface area contributed by atoms with Crippen molar-refractivity contribution in [1.82, 2.24) is 0 Å². The number of carbonyl (C=O) groups excluding carboxylic acids is 2. The van der Waals surface area contributed by atoms with E-state index < -0.39 is 5.41 Å². The van der Waals surface area contributed by atoms with Crippen LogP contribution in [0.5, 0.6) is 11.5 Å². The summed E-state index contributed by atoms with van der Waals surface area (Å²) in [6.45, 7) is 6.74. The number of hydrogen-bond donors (Lipinski definition) is 0. The Bertz CT molecular complexity index is 670. The molecule has 0 spiro atoms. The van der Waals surface area contributed by atoms with Crippen LogP contribution < -0.4 is 9.47 Å². The van der Waals surface area contributed by atoms with E-state index >= 15 is 0 Å². The number of para-hydroxylation sites is 2. The monoisotopic (exact) mass is 312 g/mol. The summed E-state index contributed by atoms with van der Waals surface area (Å²) in [7, 11) is 0. The zero-order valence-electron chi connectivity index (χ0n) is 13.8. The first-order chi connectivity index (χ1) is 10.8. The Morgan fingerprint density at radius 1 is 0.739 bits per heavy atom. The number of carbonyl (C=O) groups is 2. The summed E-state index contributed by atoms with van der Waals surface area (Å²) < 4.78 is 10.7. The minimum Gasteiger partial charge on any atom is -0.426 e. The maximum Gasteiger partial charge on any atom is 0.308 e. The largest absolute Gasteiger partial charge is 0.426 e. The van der Waals surface area contributed by atoms with Gasteiger partial charge in [0.25, 0.3) is 0 Å². The van der Waals surface area contributed by atoms with Crippen LogP contribution in [-0.4, -0.2) is 11.9 Å². The van der Waals surface area contributed by atoms with E-state index in [-0.39, 0.29) is 11.9 Å². The molecule has 0 saturated heterocycles. The molecular weight excluding hydrogens is 292 g/mol. The van der Waals surface area contributed by atoms with E-state index in [4.69, 9.17) is 9.47 Å². The van der Waals surface area contributed by atoms with Crippen molar-refractivity contribution < 1.29 is 19.1 Å². The molecule has 0 saturated carbocycles. The summed E-state index contributed by atoms with van der Waals surface area (Å²) in [6, 6.07) is 14.7. The molecule has 0 aliphatic heterocycles. The highest BCUT2D eigenvalue weighted by Crippen LogP contribution is 2.41. The van der Waals surface area contributed by atoms with Gasteiger partial charge in [0.1, 0.15) is 11.5 Å². The number of ether oxygens (including phenoxy) is 2. The molecule has 0 aromatic heterocycles. The topological polar surface area (TPSA) is 52.6 Å². The molecule has 0 fully saturated rings. The maximum atomic E-state index is 11.3. The minimum absolute atomic E-state index is 0.374. The van der Waals surface area contributed by atoms with Crippen molar-refractivity contribution in [2.45, 2.75) is 33.1 Å². The summed E-state index contributed by atoms with van der Waals surface area (Å²) in [5.41, 5.74) is 1.17. The van der Waals surface area contributed by atoms with Crippen LogP contribution in [0.15, 0.2) is 48.5 Å². The number of hydrogen-bond acceptors (Lipinski definition) is 4. The predicted molar refractivity (Wildman–Crippen MR) is 87.6 cm³/mol. The molecule has 0 unspecified atom stereocenters. The smallest absolute Gasteiger partial charge is 0.308 e. The zero-order valence-corrected chi connectivity index (χ0v) is 13.8. The van der Waals surface area contributed by atoms with Crippen LogP contribution in [0.1, 0.15) is 38.8 Å². The van der Waals surface area contributed by atoms with Crippen LogP contribution in [0.3, 0.4) is 0 Å². The normalized spacial score (nSPS) is 11.0. The molecule has 120 valence electrons. The predicted octanol–water partition coefficient (Wildman–Crippen LogP) is 3.86. The second kappa shape index (κ2) is 6.65. The molecule has 0 radical (unpaired) electrons. The third kappa shape index (κ3) is 3.77. The van der Waals surface area contributed by atoms with Crippen molar-refractivity contribution in [3.05, 3.63) is 59.7 Å². The molecule has 0 heterocycles. The van der Waals surface area contributed by atoms with Crippen LogP contribution in [0.25, 0.3) is 0 Å². The van der Waals surface area contributed by atoms with Gasteiger partial charge in [0.2, 0.25) is 0 Å². The minimum atomic E-state index is -0.516. The molecule has 2 aromatic carbocycles. The maximum absolute atomic E-state index is 11.3. The third-order valence-corrected chi connectivity index (χ3v) is 3.63. The van der Waals surface area contributed by atoms with E-state index in [1.165, 1.54) is 13.8 Å². The van der Waals surface area contributed by atoms with Gasteiger partial charge in [-0.1, -0.05) is 50.2 Å². The van der Waals surface area contributed by atoms with Gasteiger partial charge in [-0.05, 0) is 12.1 Å².